The molecule has 7 heteroatoms. The van der Waals surface area contributed by atoms with Gasteiger partial charge in [-0.2, -0.15) is 0 Å². The predicted molar refractivity (Wildman–Crippen MR) is 105 cm³/mol. The Hall–Kier alpha value is -3.22. The van der Waals surface area contributed by atoms with Crippen LogP contribution in [0.3, 0.4) is 0 Å². The maximum absolute atomic E-state index is 13.0. The summed E-state index contributed by atoms with van der Waals surface area (Å²) in [6.07, 6.45) is 2.05. The number of nitrogens with one attached hydrogen (secondary N) is 2. The molecule has 1 aliphatic heterocycles. The molecule has 2 aromatic rings. The fourth-order valence-corrected chi connectivity index (χ4v) is 3.08. The van der Waals surface area contributed by atoms with Crippen molar-refractivity contribution in [1.82, 2.24) is 10.2 Å². The first-order chi connectivity index (χ1) is 13.6. The molecule has 0 aromatic heterocycles. The molecule has 1 heterocycles. The molecule has 0 spiro atoms. The molecule has 2 aliphatic rings. The van der Waals surface area contributed by atoms with Gasteiger partial charge in [0.1, 0.15) is 0 Å². The van der Waals surface area contributed by atoms with Crippen molar-refractivity contribution in [3.8, 4) is 11.5 Å². The van der Waals surface area contributed by atoms with Gasteiger partial charge in [0.15, 0.2) is 11.5 Å². The van der Waals surface area contributed by atoms with E-state index in [1.165, 1.54) is 0 Å². The summed E-state index contributed by atoms with van der Waals surface area (Å²) in [5.41, 5.74) is 2.10. The number of carbonyl (C=O) groups is 2. The van der Waals surface area contributed by atoms with Gasteiger partial charge < -0.3 is 25.0 Å². The monoisotopic (exact) mass is 381 g/mol. The Kier molecular flexibility index (Phi) is 5.06. The van der Waals surface area contributed by atoms with Gasteiger partial charge in [-0.25, -0.2) is 4.79 Å². The van der Waals surface area contributed by atoms with Gasteiger partial charge in [0.05, 0.1) is 0 Å². The van der Waals surface area contributed by atoms with E-state index in [1.54, 1.807) is 29.2 Å². The summed E-state index contributed by atoms with van der Waals surface area (Å²) in [6, 6.07) is 12.8. The average Bonchev–Trinajstić information content (AvgIpc) is 3.38. The highest BCUT2D eigenvalue weighted by Gasteiger charge is 2.23. The molecule has 4 rings (SSSR count). The van der Waals surface area contributed by atoms with E-state index in [4.69, 9.17) is 9.47 Å². The zero-order chi connectivity index (χ0) is 19.5. The molecule has 7 nitrogen and oxygen atoms in total. The molecule has 2 N–H and O–H groups in total. The topological polar surface area (TPSA) is 79.9 Å². The predicted octanol–water partition coefficient (Wildman–Crippen LogP) is 3.36. The van der Waals surface area contributed by atoms with E-state index >= 15 is 0 Å². The first-order valence-corrected chi connectivity index (χ1v) is 9.48. The Morgan fingerprint density at radius 3 is 2.71 bits per heavy atom. The number of fused-ring (bicyclic) bond motifs is 1. The van der Waals surface area contributed by atoms with Gasteiger partial charge in [-0.3, -0.25) is 4.79 Å². The van der Waals surface area contributed by atoms with Gasteiger partial charge in [0.2, 0.25) is 6.79 Å². The quantitative estimate of drug-likeness (QED) is 0.804. The van der Waals surface area contributed by atoms with E-state index in [9.17, 15) is 9.59 Å². The second kappa shape index (κ2) is 7.80. The number of urea groups is 1. The summed E-state index contributed by atoms with van der Waals surface area (Å²) < 4.78 is 10.7. The van der Waals surface area contributed by atoms with Crippen molar-refractivity contribution < 1.29 is 19.1 Å². The number of amides is 3. The average molecular weight is 381 g/mol. The van der Waals surface area contributed by atoms with Crippen molar-refractivity contribution in [2.45, 2.75) is 32.4 Å². The fraction of sp³-hybridized carbons (Fsp3) is 0.333. The number of ether oxygens (including phenoxy) is 2. The molecule has 0 unspecified atom stereocenters. The minimum atomic E-state index is -0.236. The maximum atomic E-state index is 13.0. The van der Waals surface area contributed by atoms with E-state index in [-0.39, 0.29) is 24.8 Å². The fourth-order valence-electron chi connectivity index (χ4n) is 3.08. The number of hydrogen-bond donors (Lipinski definition) is 2. The van der Waals surface area contributed by atoms with Crippen LogP contribution in [0.25, 0.3) is 0 Å². The van der Waals surface area contributed by atoms with Gasteiger partial charge in [0.25, 0.3) is 5.91 Å². The van der Waals surface area contributed by atoms with E-state index in [2.05, 4.69) is 10.6 Å². The summed E-state index contributed by atoms with van der Waals surface area (Å²) in [7, 11) is 0. The lowest BCUT2D eigenvalue weighted by Crippen LogP contribution is -2.31. The lowest BCUT2D eigenvalue weighted by molar-refractivity contribution is 0.0752. The van der Waals surface area contributed by atoms with Gasteiger partial charge >= 0.3 is 6.03 Å². The van der Waals surface area contributed by atoms with E-state index in [0.29, 0.717) is 30.1 Å². The van der Waals surface area contributed by atoms with E-state index in [0.717, 1.165) is 24.2 Å². The van der Waals surface area contributed by atoms with Crippen LogP contribution in [-0.4, -0.2) is 36.2 Å². The van der Waals surface area contributed by atoms with Crippen LogP contribution in [0.1, 0.15) is 35.7 Å². The molecular formula is C21H23N3O4. The van der Waals surface area contributed by atoms with Crippen molar-refractivity contribution in [2.24, 2.45) is 0 Å². The molecule has 0 bridgehead atoms. The second-order valence-corrected chi connectivity index (χ2v) is 6.96. The Balaban J connectivity index is 1.44. The summed E-state index contributed by atoms with van der Waals surface area (Å²) in [6.45, 7) is 3.19. The van der Waals surface area contributed by atoms with Crippen LogP contribution in [0.15, 0.2) is 42.5 Å². The molecule has 1 saturated carbocycles. The Morgan fingerprint density at radius 2 is 1.93 bits per heavy atom. The van der Waals surface area contributed by atoms with E-state index < -0.39 is 0 Å². The molecule has 2 aromatic carbocycles. The maximum Gasteiger partial charge on any atom is 0.319 e. The summed E-state index contributed by atoms with van der Waals surface area (Å²) in [5, 5.41) is 5.66. The van der Waals surface area contributed by atoms with Crippen LogP contribution in [0.2, 0.25) is 0 Å². The van der Waals surface area contributed by atoms with Gasteiger partial charge in [-0.15, -0.1) is 0 Å². The molecule has 28 heavy (non-hydrogen) atoms. The number of anilines is 1. The van der Waals surface area contributed by atoms with Crippen LogP contribution in [0.5, 0.6) is 11.5 Å². The normalized spacial score (nSPS) is 14.5. The highest BCUT2D eigenvalue weighted by molar-refractivity contribution is 5.97. The summed E-state index contributed by atoms with van der Waals surface area (Å²) in [5.74, 6) is 1.33. The van der Waals surface area contributed by atoms with Crippen LogP contribution >= 0.6 is 0 Å². The largest absolute Gasteiger partial charge is 0.454 e. The number of rotatable bonds is 6. The third-order valence-electron chi connectivity index (χ3n) is 4.76. The van der Waals surface area contributed by atoms with Gasteiger partial charge in [0, 0.05) is 30.4 Å². The minimum absolute atomic E-state index is 0.0913. The van der Waals surface area contributed by atoms with Crippen LogP contribution in [-0.2, 0) is 6.54 Å². The van der Waals surface area contributed by atoms with Crippen LogP contribution in [0, 0.1) is 0 Å². The highest BCUT2D eigenvalue weighted by Crippen LogP contribution is 2.33. The Bertz CT molecular complexity index is 895. The molecule has 146 valence electrons. The van der Waals surface area contributed by atoms with E-state index in [1.807, 2.05) is 25.1 Å². The van der Waals surface area contributed by atoms with Crippen molar-refractivity contribution in [3.05, 3.63) is 53.6 Å². The SMILES string of the molecule is CCN(Cc1ccc2c(c1)OCO2)C(=O)c1cccc(NC(=O)NC2CC2)c1. The molecule has 1 fully saturated rings. The highest BCUT2D eigenvalue weighted by atomic mass is 16.7. The molecule has 0 atom stereocenters. The summed E-state index contributed by atoms with van der Waals surface area (Å²) in [4.78, 5) is 26.7. The number of benzene rings is 2. The molecule has 1 aliphatic carbocycles. The smallest absolute Gasteiger partial charge is 0.319 e. The molecule has 0 radical (unpaired) electrons. The minimum Gasteiger partial charge on any atom is -0.454 e. The number of nitrogens with zero attached hydrogens (tertiary/aromatic N) is 1. The van der Waals surface area contributed by atoms with Gasteiger partial charge in [-0.1, -0.05) is 12.1 Å². The third kappa shape index (κ3) is 4.19. The standard InChI is InChI=1S/C21H23N3O4/c1-2-24(12-14-6-9-18-19(10-14)28-13-27-18)20(25)15-4-3-5-17(11-15)23-21(26)22-16-7-8-16/h3-6,9-11,16H,2,7-8,12-13H2,1H3,(H2,22,23,26). The van der Waals surface area contributed by atoms with Crippen LogP contribution < -0.4 is 20.1 Å². The van der Waals surface area contributed by atoms with Crippen molar-refractivity contribution in [3.63, 3.8) is 0 Å². The zero-order valence-electron chi connectivity index (χ0n) is 15.7. The van der Waals surface area contributed by atoms with Crippen molar-refractivity contribution >= 4 is 17.6 Å². The van der Waals surface area contributed by atoms with Crippen molar-refractivity contribution in [2.75, 3.05) is 18.7 Å². The first kappa shape index (κ1) is 18.2. The molecule has 0 saturated heterocycles. The zero-order valence-corrected chi connectivity index (χ0v) is 15.7. The lowest BCUT2D eigenvalue weighted by Gasteiger charge is -2.21. The molecular weight excluding hydrogens is 358 g/mol. The second-order valence-electron chi connectivity index (χ2n) is 6.96. The first-order valence-electron chi connectivity index (χ1n) is 9.48. The number of hydrogen-bond acceptors (Lipinski definition) is 4. The van der Waals surface area contributed by atoms with Crippen molar-refractivity contribution in [1.29, 1.82) is 0 Å². The Morgan fingerprint density at radius 1 is 1.11 bits per heavy atom. The third-order valence-corrected chi connectivity index (χ3v) is 4.76. The Labute approximate surface area is 163 Å². The molecule has 3 amide bonds. The van der Waals surface area contributed by atoms with Gasteiger partial charge in [-0.05, 0) is 55.7 Å². The van der Waals surface area contributed by atoms with Crippen LogP contribution in [0.4, 0.5) is 10.5 Å². The number of carbonyl (C=O) groups excluding carboxylic acids is 2. The lowest BCUT2D eigenvalue weighted by atomic mass is 10.1. The summed E-state index contributed by atoms with van der Waals surface area (Å²) >= 11 is 0.